The Morgan fingerprint density at radius 3 is 2.72 bits per heavy atom. The smallest absolute Gasteiger partial charge is 0.319 e. The van der Waals surface area contributed by atoms with Gasteiger partial charge in [0.05, 0.1) is 6.54 Å². The number of nitrogens with zero attached hydrogens (tertiary/aromatic N) is 1. The molecule has 2 spiro atoms. The van der Waals surface area contributed by atoms with Gasteiger partial charge in [-0.2, -0.15) is 0 Å². The Kier molecular flexibility index (Phi) is 3.94. The van der Waals surface area contributed by atoms with Gasteiger partial charge in [-0.15, -0.1) is 0 Å². The van der Waals surface area contributed by atoms with Gasteiger partial charge < -0.3 is 5.32 Å². The van der Waals surface area contributed by atoms with E-state index in [1.54, 1.807) is 0 Å². The summed E-state index contributed by atoms with van der Waals surface area (Å²) in [6.45, 7) is 1.34. The molecule has 4 nitrogen and oxygen atoms in total. The van der Waals surface area contributed by atoms with Crippen LogP contribution in [0.1, 0.15) is 43.7 Å². The van der Waals surface area contributed by atoms with Gasteiger partial charge in [0, 0.05) is 9.89 Å². The van der Waals surface area contributed by atoms with Gasteiger partial charge in [0.1, 0.15) is 6.67 Å². The summed E-state index contributed by atoms with van der Waals surface area (Å²) in [4.78, 5) is 27.0. The van der Waals surface area contributed by atoms with E-state index in [1.807, 2.05) is 18.2 Å². The number of urea groups is 1. The standard InChI is InChI=1S/C19H22BrFN2O2/c1-12-4-6-18(7-5-12)11-13-2-3-14(20)10-15(13)19(18)16(24)23(9-8-21)17(25)22-19/h2-3,10,12H,4-9,11H2,1H3,(H,22,25). The number of carbonyl (C=O) groups is 2. The fourth-order valence-corrected chi connectivity index (χ4v) is 5.47. The minimum absolute atomic E-state index is 0.178. The number of imide groups is 1. The van der Waals surface area contributed by atoms with E-state index in [0.717, 1.165) is 52.6 Å². The number of halogens is 2. The topological polar surface area (TPSA) is 49.4 Å². The average molecular weight is 409 g/mol. The highest BCUT2D eigenvalue weighted by atomic mass is 79.9. The van der Waals surface area contributed by atoms with Gasteiger partial charge in [-0.3, -0.25) is 9.69 Å². The van der Waals surface area contributed by atoms with E-state index in [0.29, 0.717) is 5.92 Å². The van der Waals surface area contributed by atoms with Crippen LogP contribution in [-0.2, 0) is 16.8 Å². The van der Waals surface area contributed by atoms with Crippen molar-refractivity contribution in [2.45, 2.75) is 44.6 Å². The fraction of sp³-hybridized carbons (Fsp3) is 0.579. The summed E-state index contributed by atoms with van der Waals surface area (Å²) >= 11 is 3.50. The van der Waals surface area contributed by atoms with Gasteiger partial charge >= 0.3 is 6.03 Å². The number of carbonyl (C=O) groups excluding carboxylic acids is 2. The molecule has 2 aliphatic carbocycles. The number of benzene rings is 1. The third-order valence-electron chi connectivity index (χ3n) is 6.45. The average Bonchev–Trinajstić information content (AvgIpc) is 2.99. The number of amides is 3. The number of hydrogen-bond acceptors (Lipinski definition) is 2. The van der Waals surface area contributed by atoms with Crippen molar-refractivity contribution in [3.05, 3.63) is 33.8 Å². The molecule has 2 fully saturated rings. The largest absolute Gasteiger partial charge is 0.325 e. The van der Waals surface area contributed by atoms with Gasteiger partial charge in [0.15, 0.2) is 5.54 Å². The van der Waals surface area contributed by atoms with Gasteiger partial charge in [-0.05, 0) is 48.4 Å². The Balaban J connectivity index is 1.88. The van der Waals surface area contributed by atoms with Gasteiger partial charge in [0.25, 0.3) is 5.91 Å². The molecular formula is C19H22BrFN2O2. The van der Waals surface area contributed by atoms with Crippen molar-refractivity contribution in [2.75, 3.05) is 13.2 Å². The molecule has 1 aromatic carbocycles. The summed E-state index contributed by atoms with van der Waals surface area (Å²) in [6.07, 6.45) is 4.68. The van der Waals surface area contributed by atoms with Gasteiger partial charge in [0.2, 0.25) is 0 Å². The van der Waals surface area contributed by atoms with Crippen LogP contribution >= 0.6 is 15.9 Å². The number of alkyl halides is 1. The van der Waals surface area contributed by atoms with Crippen LogP contribution in [-0.4, -0.2) is 30.1 Å². The molecule has 1 aliphatic heterocycles. The number of nitrogens with one attached hydrogen (secondary N) is 1. The van der Waals surface area contributed by atoms with Crippen LogP contribution in [0, 0.1) is 11.3 Å². The van der Waals surface area contributed by atoms with Crippen LogP contribution in [0.2, 0.25) is 0 Å². The molecule has 0 bridgehead atoms. The third-order valence-corrected chi connectivity index (χ3v) is 6.94. The summed E-state index contributed by atoms with van der Waals surface area (Å²) in [6, 6.07) is 5.52. The molecule has 0 aromatic heterocycles. The van der Waals surface area contributed by atoms with Crippen molar-refractivity contribution in [1.29, 1.82) is 0 Å². The maximum atomic E-state index is 13.4. The Bertz CT molecular complexity index is 745. The van der Waals surface area contributed by atoms with Gasteiger partial charge in [-0.25, -0.2) is 9.18 Å². The maximum absolute atomic E-state index is 13.4. The number of rotatable bonds is 2. The minimum Gasteiger partial charge on any atom is -0.319 e. The second-order valence-electron chi connectivity index (χ2n) is 7.77. The molecule has 3 aliphatic rings. The predicted molar refractivity (Wildman–Crippen MR) is 95.8 cm³/mol. The predicted octanol–water partition coefficient (Wildman–Crippen LogP) is 3.92. The third kappa shape index (κ3) is 2.22. The minimum atomic E-state index is -1.04. The molecule has 1 heterocycles. The zero-order valence-electron chi connectivity index (χ0n) is 14.3. The van der Waals surface area contributed by atoms with Crippen LogP contribution in [0.25, 0.3) is 0 Å². The normalized spacial score (nSPS) is 34.0. The Labute approximate surface area is 155 Å². The molecule has 1 saturated carbocycles. The van der Waals surface area contributed by atoms with Crippen LogP contribution in [0.5, 0.6) is 0 Å². The highest BCUT2D eigenvalue weighted by Crippen LogP contribution is 2.60. The molecular weight excluding hydrogens is 387 g/mol. The molecule has 25 heavy (non-hydrogen) atoms. The maximum Gasteiger partial charge on any atom is 0.325 e. The lowest BCUT2D eigenvalue weighted by Crippen LogP contribution is -2.56. The van der Waals surface area contributed by atoms with Crippen LogP contribution in [0.3, 0.4) is 0 Å². The van der Waals surface area contributed by atoms with E-state index in [9.17, 15) is 14.0 Å². The Morgan fingerprint density at radius 1 is 1.32 bits per heavy atom. The molecule has 1 saturated heterocycles. The quantitative estimate of drug-likeness (QED) is 0.753. The molecule has 1 atom stereocenters. The second kappa shape index (κ2) is 5.79. The number of fused-ring (bicyclic) bond motifs is 3. The molecule has 3 amide bonds. The summed E-state index contributed by atoms with van der Waals surface area (Å²) in [5.74, 6) is 0.355. The van der Waals surface area contributed by atoms with E-state index < -0.39 is 18.2 Å². The molecule has 1 N–H and O–H groups in total. The van der Waals surface area contributed by atoms with Crippen molar-refractivity contribution < 1.29 is 14.0 Å². The SMILES string of the molecule is CC1CCC2(CC1)Cc1ccc(Br)cc1C21NC(=O)N(CCF)C1=O. The monoisotopic (exact) mass is 408 g/mol. The molecule has 1 aromatic rings. The highest BCUT2D eigenvalue weighted by Gasteiger charge is 2.67. The lowest BCUT2D eigenvalue weighted by Gasteiger charge is -2.46. The lowest BCUT2D eigenvalue weighted by atomic mass is 9.60. The summed E-state index contributed by atoms with van der Waals surface area (Å²) in [7, 11) is 0. The summed E-state index contributed by atoms with van der Waals surface area (Å²) in [5, 5.41) is 3.02. The van der Waals surface area contributed by atoms with Crippen molar-refractivity contribution in [2.24, 2.45) is 11.3 Å². The molecule has 4 rings (SSSR count). The van der Waals surface area contributed by atoms with E-state index in [2.05, 4.69) is 28.2 Å². The zero-order valence-corrected chi connectivity index (χ0v) is 15.9. The van der Waals surface area contributed by atoms with E-state index in [1.165, 1.54) is 0 Å². The van der Waals surface area contributed by atoms with E-state index in [-0.39, 0.29) is 17.9 Å². The van der Waals surface area contributed by atoms with Crippen molar-refractivity contribution >= 4 is 27.9 Å². The molecule has 1 unspecified atom stereocenters. The first-order valence-corrected chi connectivity index (χ1v) is 9.72. The van der Waals surface area contributed by atoms with Crippen LogP contribution in [0.15, 0.2) is 22.7 Å². The molecule has 6 heteroatoms. The summed E-state index contributed by atoms with van der Waals surface area (Å²) < 4.78 is 13.8. The fourth-order valence-electron chi connectivity index (χ4n) is 5.11. The Hall–Kier alpha value is -1.43. The Morgan fingerprint density at radius 2 is 2.04 bits per heavy atom. The lowest BCUT2D eigenvalue weighted by molar-refractivity contribution is -0.138. The highest BCUT2D eigenvalue weighted by molar-refractivity contribution is 9.10. The molecule has 0 radical (unpaired) electrons. The first kappa shape index (κ1) is 17.0. The van der Waals surface area contributed by atoms with Crippen LogP contribution in [0.4, 0.5) is 9.18 Å². The molecule has 134 valence electrons. The first-order valence-electron chi connectivity index (χ1n) is 8.92. The van der Waals surface area contributed by atoms with Crippen molar-refractivity contribution in [3.63, 3.8) is 0 Å². The van der Waals surface area contributed by atoms with Gasteiger partial charge in [-0.1, -0.05) is 41.8 Å². The van der Waals surface area contributed by atoms with E-state index >= 15 is 0 Å². The number of hydrogen-bond donors (Lipinski definition) is 1. The van der Waals surface area contributed by atoms with Crippen molar-refractivity contribution in [1.82, 2.24) is 10.2 Å². The van der Waals surface area contributed by atoms with E-state index in [4.69, 9.17) is 0 Å². The van der Waals surface area contributed by atoms with Crippen LogP contribution < -0.4 is 5.32 Å². The first-order chi connectivity index (χ1) is 11.9. The van der Waals surface area contributed by atoms with Crippen molar-refractivity contribution in [3.8, 4) is 0 Å². The summed E-state index contributed by atoms with van der Waals surface area (Å²) in [5.41, 5.74) is 0.656. The second-order valence-corrected chi connectivity index (χ2v) is 8.68. The zero-order chi connectivity index (χ0) is 17.8.